The molecule has 0 fully saturated rings. The van der Waals surface area contributed by atoms with E-state index in [1.165, 1.54) is 12.1 Å². The van der Waals surface area contributed by atoms with E-state index in [2.05, 4.69) is 0 Å². The highest BCUT2D eigenvalue weighted by molar-refractivity contribution is 5.40. The molecule has 100 valence electrons. The van der Waals surface area contributed by atoms with Gasteiger partial charge in [-0.2, -0.15) is 4.39 Å². The van der Waals surface area contributed by atoms with Crippen LogP contribution in [0.3, 0.4) is 0 Å². The Hall–Kier alpha value is -2.24. The molecule has 0 spiro atoms. The molecule has 0 bridgehead atoms. The SMILES string of the molecule is Oc1ccc(F)c(F)c1OCc1cccc(F)c1F. The predicted molar refractivity (Wildman–Crippen MR) is 58.7 cm³/mol. The third kappa shape index (κ3) is 2.62. The summed E-state index contributed by atoms with van der Waals surface area (Å²) < 4.78 is 57.3. The largest absolute Gasteiger partial charge is 0.504 e. The average Bonchev–Trinajstić information content (AvgIpc) is 2.39. The van der Waals surface area contributed by atoms with E-state index in [0.717, 1.165) is 18.2 Å². The Bertz CT molecular complexity index is 614. The Morgan fingerprint density at radius 3 is 2.32 bits per heavy atom. The molecule has 6 heteroatoms. The lowest BCUT2D eigenvalue weighted by Gasteiger charge is -2.10. The number of halogens is 4. The van der Waals surface area contributed by atoms with E-state index in [1.807, 2.05) is 0 Å². The predicted octanol–water partition coefficient (Wildman–Crippen LogP) is 3.53. The lowest BCUT2D eigenvalue weighted by molar-refractivity contribution is 0.262. The second-order valence-electron chi connectivity index (χ2n) is 3.71. The Labute approximate surface area is 105 Å². The molecule has 0 heterocycles. The lowest BCUT2D eigenvalue weighted by Crippen LogP contribution is -2.02. The van der Waals surface area contributed by atoms with Gasteiger partial charge in [0.15, 0.2) is 29.0 Å². The molecule has 0 saturated heterocycles. The van der Waals surface area contributed by atoms with Gasteiger partial charge in [0.05, 0.1) is 0 Å². The number of phenols is 1. The van der Waals surface area contributed by atoms with Crippen molar-refractivity contribution in [1.82, 2.24) is 0 Å². The van der Waals surface area contributed by atoms with Crippen molar-refractivity contribution in [2.24, 2.45) is 0 Å². The van der Waals surface area contributed by atoms with Crippen molar-refractivity contribution in [3.8, 4) is 11.5 Å². The monoisotopic (exact) mass is 272 g/mol. The zero-order valence-electron chi connectivity index (χ0n) is 9.46. The van der Waals surface area contributed by atoms with Gasteiger partial charge in [-0.1, -0.05) is 12.1 Å². The molecule has 2 rings (SSSR count). The fourth-order valence-electron chi connectivity index (χ4n) is 1.47. The van der Waals surface area contributed by atoms with Gasteiger partial charge in [0.1, 0.15) is 6.61 Å². The van der Waals surface area contributed by atoms with Crippen molar-refractivity contribution in [2.75, 3.05) is 0 Å². The standard InChI is InChI=1S/C13H8F4O2/c14-8-3-1-2-7(11(8)16)6-19-13-10(18)5-4-9(15)12(13)17/h1-5,18H,6H2. The van der Waals surface area contributed by atoms with Gasteiger partial charge in [0.25, 0.3) is 0 Å². The third-order valence-corrected chi connectivity index (χ3v) is 2.43. The molecule has 0 radical (unpaired) electrons. The Morgan fingerprint density at radius 1 is 0.895 bits per heavy atom. The first-order valence-corrected chi connectivity index (χ1v) is 5.23. The lowest BCUT2D eigenvalue weighted by atomic mass is 10.2. The van der Waals surface area contributed by atoms with Crippen molar-refractivity contribution >= 4 is 0 Å². The topological polar surface area (TPSA) is 29.5 Å². The van der Waals surface area contributed by atoms with E-state index in [-0.39, 0.29) is 5.56 Å². The summed E-state index contributed by atoms with van der Waals surface area (Å²) in [7, 11) is 0. The molecule has 19 heavy (non-hydrogen) atoms. The fraction of sp³-hybridized carbons (Fsp3) is 0.0769. The third-order valence-electron chi connectivity index (χ3n) is 2.43. The molecular formula is C13H8F4O2. The van der Waals surface area contributed by atoms with Crippen molar-refractivity contribution in [3.05, 3.63) is 59.2 Å². The van der Waals surface area contributed by atoms with Crippen LogP contribution in [-0.2, 0) is 6.61 Å². The number of hydrogen-bond donors (Lipinski definition) is 1. The average molecular weight is 272 g/mol. The summed E-state index contributed by atoms with van der Waals surface area (Å²) in [4.78, 5) is 0. The van der Waals surface area contributed by atoms with Gasteiger partial charge in [-0.25, -0.2) is 13.2 Å². The summed E-state index contributed by atoms with van der Waals surface area (Å²) in [5.41, 5.74) is -0.178. The van der Waals surface area contributed by atoms with Gasteiger partial charge in [-0.3, -0.25) is 0 Å². The molecular weight excluding hydrogens is 264 g/mol. The normalized spacial score (nSPS) is 10.5. The Morgan fingerprint density at radius 2 is 1.58 bits per heavy atom. The zero-order chi connectivity index (χ0) is 14.0. The first-order chi connectivity index (χ1) is 9.00. The number of hydrogen-bond acceptors (Lipinski definition) is 2. The number of rotatable bonds is 3. The second-order valence-corrected chi connectivity index (χ2v) is 3.71. The number of phenolic OH excluding ortho intramolecular Hbond substituents is 1. The van der Waals surface area contributed by atoms with Gasteiger partial charge in [0, 0.05) is 5.56 Å². The zero-order valence-corrected chi connectivity index (χ0v) is 9.46. The minimum Gasteiger partial charge on any atom is -0.504 e. The van der Waals surface area contributed by atoms with Crippen LogP contribution >= 0.6 is 0 Å². The van der Waals surface area contributed by atoms with Crippen LogP contribution < -0.4 is 4.74 Å². The Balaban J connectivity index is 2.24. The molecule has 0 aliphatic carbocycles. The summed E-state index contributed by atoms with van der Waals surface area (Å²) >= 11 is 0. The highest BCUT2D eigenvalue weighted by Gasteiger charge is 2.16. The molecule has 1 N–H and O–H groups in total. The molecule has 0 amide bonds. The number of ether oxygens (including phenoxy) is 1. The smallest absolute Gasteiger partial charge is 0.204 e. The highest BCUT2D eigenvalue weighted by Crippen LogP contribution is 2.31. The Kier molecular flexibility index (Phi) is 3.59. The van der Waals surface area contributed by atoms with Crippen molar-refractivity contribution < 1.29 is 27.4 Å². The number of aromatic hydroxyl groups is 1. The molecule has 0 aliphatic rings. The second kappa shape index (κ2) is 5.17. The first-order valence-electron chi connectivity index (χ1n) is 5.23. The fourth-order valence-corrected chi connectivity index (χ4v) is 1.47. The summed E-state index contributed by atoms with van der Waals surface area (Å²) in [6.07, 6.45) is 0. The number of benzene rings is 2. The van der Waals surface area contributed by atoms with Gasteiger partial charge in [0.2, 0.25) is 5.82 Å². The van der Waals surface area contributed by atoms with E-state index in [0.29, 0.717) is 0 Å². The molecule has 0 saturated carbocycles. The molecule has 0 atom stereocenters. The van der Waals surface area contributed by atoms with Gasteiger partial charge in [-0.15, -0.1) is 0 Å². The van der Waals surface area contributed by atoms with Crippen LogP contribution in [0.1, 0.15) is 5.56 Å². The van der Waals surface area contributed by atoms with E-state index in [1.54, 1.807) is 0 Å². The van der Waals surface area contributed by atoms with Crippen molar-refractivity contribution in [2.45, 2.75) is 6.61 Å². The molecule has 2 nitrogen and oxygen atoms in total. The van der Waals surface area contributed by atoms with Gasteiger partial charge >= 0.3 is 0 Å². The van der Waals surface area contributed by atoms with Gasteiger partial charge < -0.3 is 9.84 Å². The molecule has 2 aromatic rings. The van der Waals surface area contributed by atoms with Crippen molar-refractivity contribution in [1.29, 1.82) is 0 Å². The summed E-state index contributed by atoms with van der Waals surface area (Å²) in [6.45, 7) is -0.544. The van der Waals surface area contributed by atoms with E-state index in [9.17, 15) is 22.7 Å². The molecule has 0 aromatic heterocycles. The van der Waals surface area contributed by atoms with E-state index in [4.69, 9.17) is 4.74 Å². The van der Waals surface area contributed by atoms with Crippen molar-refractivity contribution in [3.63, 3.8) is 0 Å². The minimum atomic E-state index is -1.39. The van der Waals surface area contributed by atoms with Crippen LogP contribution in [0.5, 0.6) is 11.5 Å². The van der Waals surface area contributed by atoms with E-state index < -0.39 is 41.4 Å². The molecule has 0 unspecified atom stereocenters. The van der Waals surface area contributed by atoms with Crippen LogP contribution in [0.15, 0.2) is 30.3 Å². The minimum absolute atomic E-state index is 0.178. The van der Waals surface area contributed by atoms with Gasteiger partial charge in [-0.05, 0) is 18.2 Å². The first kappa shape index (κ1) is 13.2. The maximum atomic E-state index is 13.3. The molecule has 0 aliphatic heterocycles. The maximum Gasteiger partial charge on any atom is 0.204 e. The quantitative estimate of drug-likeness (QED) is 0.866. The van der Waals surface area contributed by atoms with Crippen LogP contribution in [0.2, 0.25) is 0 Å². The summed E-state index contributed by atoms with van der Waals surface area (Å²) in [6, 6.07) is 5.01. The van der Waals surface area contributed by atoms with Crippen LogP contribution in [0, 0.1) is 23.3 Å². The molecule has 2 aromatic carbocycles. The maximum absolute atomic E-state index is 13.3. The highest BCUT2D eigenvalue weighted by atomic mass is 19.2. The van der Waals surface area contributed by atoms with Crippen LogP contribution in [0.4, 0.5) is 17.6 Å². The summed E-state index contributed by atoms with van der Waals surface area (Å²) in [5, 5.41) is 9.32. The van der Waals surface area contributed by atoms with E-state index >= 15 is 0 Å². The van der Waals surface area contributed by atoms with Crippen LogP contribution in [0.25, 0.3) is 0 Å². The summed E-state index contributed by atoms with van der Waals surface area (Å²) in [5.74, 6) is -6.20. The van der Waals surface area contributed by atoms with Crippen LogP contribution in [-0.4, -0.2) is 5.11 Å².